The van der Waals surface area contributed by atoms with Crippen LogP contribution < -0.4 is 9.64 Å². The quantitative estimate of drug-likeness (QED) is 0.584. The van der Waals surface area contributed by atoms with Gasteiger partial charge in [-0.3, -0.25) is 4.79 Å². The molecule has 0 aromatic heterocycles. The standard InChI is InChI=1S/C23H21NO4/c1-24(19-12-6-3-7-13-19)22(25)17-28-23(26)20-14-8-9-15-21(20)27-16-18-10-4-2-5-11-18/h2-15H,16-17H2,1H3. The Balaban J connectivity index is 1.60. The molecular weight excluding hydrogens is 354 g/mol. The molecule has 28 heavy (non-hydrogen) atoms. The number of anilines is 1. The van der Waals surface area contributed by atoms with Gasteiger partial charge in [0, 0.05) is 12.7 Å². The Labute approximate surface area is 164 Å². The average molecular weight is 375 g/mol. The van der Waals surface area contributed by atoms with Crippen molar-refractivity contribution in [3.63, 3.8) is 0 Å². The maximum atomic E-state index is 12.5. The third kappa shape index (κ3) is 4.98. The maximum absolute atomic E-state index is 12.5. The predicted octanol–water partition coefficient (Wildman–Crippen LogP) is 4.09. The number of hydrogen-bond acceptors (Lipinski definition) is 4. The van der Waals surface area contributed by atoms with Gasteiger partial charge in [0.1, 0.15) is 17.9 Å². The van der Waals surface area contributed by atoms with Gasteiger partial charge in [-0.2, -0.15) is 0 Å². The lowest BCUT2D eigenvalue weighted by Gasteiger charge is -2.17. The molecule has 0 heterocycles. The van der Waals surface area contributed by atoms with E-state index in [2.05, 4.69) is 0 Å². The first kappa shape index (κ1) is 19.2. The highest BCUT2D eigenvalue weighted by atomic mass is 16.5. The highest BCUT2D eigenvalue weighted by molar-refractivity contribution is 5.97. The smallest absolute Gasteiger partial charge is 0.342 e. The van der Waals surface area contributed by atoms with Gasteiger partial charge in [-0.15, -0.1) is 0 Å². The molecule has 1 amide bonds. The third-order valence-corrected chi connectivity index (χ3v) is 4.19. The molecule has 0 saturated heterocycles. The highest BCUT2D eigenvalue weighted by Gasteiger charge is 2.17. The van der Waals surface area contributed by atoms with Crippen LogP contribution in [0.3, 0.4) is 0 Å². The second kappa shape index (κ2) is 9.37. The van der Waals surface area contributed by atoms with Gasteiger partial charge >= 0.3 is 5.97 Å². The number of esters is 1. The van der Waals surface area contributed by atoms with Gasteiger partial charge in [-0.1, -0.05) is 60.7 Å². The average Bonchev–Trinajstić information content (AvgIpc) is 2.76. The zero-order valence-electron chi connectivity index (χ0n) is 15.6. The molecule has 0 bridgehead atoms. The first-order valence-electron chi connectivity index (χ1n) is 8.89. The first-order chi connectivity index (χ1) is 13.6. The summed E-state index contributed by atoms with van der Waals surface area (Å²) in [6.07, 6.45) is 0. The molecule has 0 radical (unpaired) electrons. The molecule has 5 nitrogen and oxygen atoms in total. The van der Waals surface area contributed by atoms with E-state index in [-0.39, 0.29) is 18.1 Å². The van der Waals surface area contributed by atoms with E-state index < -0.39 is 5.97 Å². The molecule has 0 fully saturated rings. The van der Waals surface area contributed by atoms with Crippen molar-refractivity contribution in [1.82, 2.24) is 0 Å². The van der Waals surface area contributed by atoms with Crippen molar-refractivity contribution in [3.8, 4) is 5.75 Å². The second-order valence-electron chi connectivity index (χ2n) is 6.13. The fourth-order valence-electron chi connectivity index (χ4n) is 2.59. The van der Waals surface area contributed by atoms with Gasteiger partial charge in [-0.25, -0.2) is 4.79 Å². The number of carbonyl (C=O) groups is 2. The van der Waals surface area contributed by atoms with Crippen LogP contribution in [-0.2, 0) is 16.1 Å². The van der Waals surface area contributed by atoms with Crippen LogP contribution in [0.25, 0.3) is 0 Å². The zero-order valence-corrected chi connectivity index (χ0v) is 15.6. The molecule has 0 aliphatic rings. The van der Waals surface area contributed by atoms with Crippen LogP contribution in [-0.4, -0.2) is 25.5 Å². The molecule has 0 saturated carbocycles. The molecule has 0 atom stereocenters. The fourth-order valence-corrected chi connectivity index (χ4v) is 2.59. The summed E-state index contributed by atoms with van der Waals surface area (Å²) in [5.41, 5.74) is 2.01. The molecule has 3 aromatic carbocycles. The minimum atomic E-state index is -0.599. The van der Waals surface area contributed by atoms with Crippen molar-refractivity contribution in [3.05, 3.63) is 96.1 Å². The fraction of sp³-hybridized carbons (Fsp3) is 0.130. The summed E-state index contributed by atoms with van der Waals surface area (Å²) in [6, 6.07) is 25.7. The van der Waals surface area contributed by atoms with E-state index in [1.165, 1.54) is 4.90 Å². The Hall–Kier alpha value is -3.60. The lowest BCUT2D eigenvalue weighted by Crippen LogP contribution is -2.31. The predicted molar refractivity (Wildman–Crippen MR) is 107 cm³/mol. The summed E-state index contributed by atoms with van der Waals surface area (Å²) in [4.78, 5) is 26.2. The first-order valence-corrected chi connectivity index (χ1v) is 8.89. The Morgan fingerprint density at radius 1 is 0.821 bits per heavy atom. The largest absolute Gasteiger partial charge is 0.488 e. The molecule has 0 spiro atoms. The monoisotopic (exact) mass is 375 g/mol. The molecule has 0 aliphatic carbocycles. The minimum Gasteiger partial charge on any atom is -0.488 e. The molecule has 3 rings (SSSR count). The molecule has 0 aliphatic heterocycles. The lowest BCUT2D eigenvalue weighted by atomic mass is 10.2. The Morgan fingerprint density at radius 2 is 1.43 bits per heavy atom. The van der Waals surface area contributed by atoms with Crippen molar-refractivity contribution in [2.24, 2.45) is 0 Å². The van der Waals surface area contributed by atoms with Crippen LogP contribution in [0, 0.1) is 0 Å². The number of benzene rings is 3. The van der Waals surface area contributed by atoms with Crippen LogP contribution in [0.15, 0.2) is 84.9 Å². The SMILES string of the molecule is CN(C(=O)COC(=O)c1ccccc1OCc1ccccc1)c1ccccc1. The number of hydrogen-bond donors (Lipinski definition) is 0. The topological polar surface area (TPSA) is 55.8 Å². The number of rotatable bonds is 7. The van der Waals surface area contributed by atoms with E-state index in [0.29, 0.717) is 12.4 Å². The number of ether oxygens (including phenoxy) is 2. The Morgan fingerprint density at radius 3 is 2.14 bits per heavy atom. The summed E-state index contributed by atoms with van der Waals surface area (Å²) < 4.78 is 11.0. The van der Waals surface area contributed by atoms with Gasteiger partial charge < -0.3 is 14.4 Å². The van der Waals surface area contributed by atoms with E-state index in [1.807, 2.05) is 60.7 Å². The van der Waals surface area contributed by atoms with Crippen LogP contribution in [0.2, 0.25) is 0 Å². The van der Waals surface area contributed by atoms with Crippen molar-refractivity contribution in [2.75, 3.05) is 18.6 Å². The summed E-state index contributed by atoms with van der Waals surface area (Å²) in [5.74, 6) is -0.499. The van der Waals surface area contributed by atoms with Gasteiger partial charge in [0.05, 0.1) is 0 Å². The highest BCUT2D eigenvalue weighted by Crippen LogP contribution is 2.20. The van der Waals surface area contributed by atoms with Crippen LogP contribution in [0.4, 0.5) is 5.69 Å². The van der Waals surface area contributed by atoms with Crippen molar-refractivity contribution in [1.29, 1.82) is 0 Å². The van der Waals surface area contributed by atoms with E-state index in [9.17, 15) is 9.59 Å². The number of likely N-dealkylation sites (N-methyl/N-ethyl adjacent to an activating group) is 1. The Bertz CT molecular complexity index is 926. The maximum Gasteiger partial charge on any atom is 0.342 e. The summed E-state index contributed by atoms with van der Waals surface area (Å²) in [6.45, 7) is -0.0158. The summed E-state index contributed by atoms with van der Waals surface area (Å²) in [5, 5.41) is 0. The van der Waals surface area contributed by atoms with E-state index in [4.69, 9.17) is 9.47 Å². The van der Waals surface area contributed by atoms with E-state index >= 15 is 0 Å². The van der Waals surface area contributed by atoms with Gasteiger partial charge in [0.2, 0.25) is 0 Å². The van der Waals surface area contributed by atoms with Crippen molar-refractivity contribution in [2.45, 2.75) is 6.61 Å². The lowest BCUT2D eigenvalue weighted by molar-refractivity contribution is -0.121. The number of para-hydroxylation sites is 2. The zero-order chi connectivity index (χ0) is 19.8. The molecule has 5 heteroatoms. The number of nitrogens with zero attached hydrogens (tertiary/aromatic N) is 1. The molecular formula is C23H21NO4. The van der Waals surface area contributed by atoms with Gasteiger partial charge in [-0.05, 0) is 29.8 Å². The summed E-state index contributed by atoms with van der Waals surface area (Å²) >= 11 is 0. The Kier molecular flexibility index (Phi) is 6.41. The van der Waals surface area contributed by atoms with Crippen LogP contribution in [0.1, 0.15) is 15.9 Å². The third-order valence-electron chi connectivity index (χ3n) is 4.19. The number of carbonyl (C=O) groups excluding carboxylic acids is 2. The second-order valence-corrected chi connectivity index (χ2v) is 6.13. The number of amides is 1. The minimum absolute atomic E-state index is 0.286. The van der Waals surface area contributed by atoms with Crippen LogP contribution >= 0.6 is 0 Å². The van der Waals surface area contributed by atoms with Gasteiger partial charge in [0.15, 0.2) is 6.61 Å². The van der Waals surface area contributed by atoms with E-state index in [1.54, 1.807) is 31.3 Å². The van der Waals surface area contributed by atoms with Crippen molar-refractivity contribution >= 4 is 17.6 Å². The summed E-state index contributed by atoms with van der Waals surface area (Å²) in [7, 11) is 1.64. The van der Waals surface area contributed by atoms with Crippen LogP contribution in [0.5, 0.6) is 5.75 Å². The normalized spacial score (nSPS) is 10.2. The molecule has 0 N–H and O–H groups in total. The van der Waals surface area contributed by atoms with Gasteiger partial charge in [0.25, 0.3) is 5.91 Å². The molecule has 142 valence electrons. The van der Waals surface area contributed by atoms with E-state index in [0.717, 1.165) is 11.3 Å². The van der Waals surface area contributed by atoms with Crippen molar-refractivity contribution < 1.29 is 19.1 Å². The molecule has 0 unspecified atom stereocenters. The molecule has 3 aromatic rings.